The molecule has 2 heterocycles. The van der Waals surface area contributed by atoms with Crippen LogP contribution in [-0.2, 0) is 14.8 Å². The molecule has 0 unspecified atom stereocenters. The number of carbonyl (C=O) groups excluding carboxylic acids is 1. The van der Waals surface area contributed by atoms with Gasteiger partial charge in [0, 0.05) is 25.4 Å². The van der Waals surface area contributed by atoms with E-state index in [0.29, 0.717) is 24.6 Å². The van der Waals surface area contributed by atoms with Gasteiger partial charge in [-0.3, -0.25) is 9.52 Å². The van der Waals surface area contributed by atoms with Gasteiger partial charge in [0.05, 0.1) is 16.7 Å². The zero-order valence-corrected chi connectivity index (χ0v) is 19.0. The van der Waals surface area contributed by atoms with Crippen molar-refractivity contribution in [1.82, 2.24) is 10.3 Å². The molecule has 0 bridgehead atoms. The first kappa shape index (κ1) is 22.8. The summed E-state index contributed by atoms with van der Waals surface area (Å²) in [7, 11) is -3.75. The number of sulfonamides is 1. The van der Waals surface area contributed by atoms with Gasteiger partial charge in [0.2, 0.25) is 5.88 Å². The van der Waals surface area contributed by atoms with Crippen LogP contribution in [0, 0.1) is 6.92 Å². The number of hydrogen-bond donors (Lipinski definition) is 2. The first-order valence-electron chi connectivity index (χ1n) is 10.6. The lowest BCUT2D eigenvalue weighted by molar-refractivity contribution is 0.0855. The second kappa shape index (κ2) is 10.0. The molecule has 0 saturated carbocycles. The third-order valence-electron chi connectivity index (χ3n) is 5.16. The van der Waals surface area contributed by atoms with Gasteiger partial charge in [0.15, 0.2) is 0 Å². The van der Waals surface area contributed by atoms with Gasteiger partial charge >= 0.3 is 0 Å². The predicted molar refractivity (Wildman–Crippen MR) is 124 cm³/mol. The van der Waals surface area contributed by atoms with Crippen molar-refractivity contribution in [3.8, 4) is 11.6 Å². The topological polar surface area (TPSA) is 107 Å². The minimum absolute atomic E-state index is 0.0215. The third kappa shape index (κ3) is 5.88. The molecule has 1 fully saturated rings. The maximum absolute atomic E-state index is 12.7. The summed E-state index contributed by atoms with van der Waals surface area (Å²) in [5.74, 6) is 0.150. The standard InChI is InChI=1S/C24H25N3O5S/c1-17-9-11-21(12-10-17)33(29,30)27-18-5-2-6-19(15-18)32-24-22(8-3-13-25-24)23(28)26-16-20-7-4-14-31-20/h2-3,5-6,8-13,15,20,27H,4,7,14,16H2,1H3,(H,26,28)/t20-/m0/s1. The van der Waals surface area contributed by atoms with E-state index in [1.165, 1.54) is 12.3 Å². The maximum atomic E-state index is 12.7. The second-order valence-corrected chi connectivity index (χ2v) is 9.43. The Morgan fingerprint density at radius 2 is 1.97 bits per heavy atom. The largest absolute Gasteiger partial charge is 0.438 e. The first-order chi connectivity index (χ1) is 15.9. The lowest BCUT2D eigenvalue weighted by atomic mass is 10.2. The average molecular weight is 468 g/mol. The molecule has 2 aromatic carbocycles. The normalized spacial score (nSPS) is 15.7. The van der Waals surface area contributed by atoms with Gasteiger partial charge in [-0.25, -0.2) is 13.4 Å². The van der Waals surface area contributed by atoms with Crippen molar-refractivity contribution in [2.45, 2.75) is 30.8 Å². The summed E-state index contributed by atoms with van der Waals surface area (Å²) in [4.78, 5) is 17.0. The Morgan fingerprint density at radius 1 is 1.15 bits per heavy atom. The number of nitrogens with zero attached hydrogens (tertiary/aromatic N) is 1. The lowest BCUT2D eigenvalue weighted by Gasteiger charge is -2.13. The fourth-order valence-corrected chi connectivity index (χ4v) is 4.47. The zero-order valence-electron chi connectivity index (χ0n) is 18.2. The molecule has 3 aromatic rings. The smallest absolute Gasteiger partial charge is 0.261 e. The van der Waals surface area contributed by atoms with Crippen LogP contribution in [0.25, 0.3) is 0 Å². The molecule has 9 heteroatoms. The minimum Gasteiger partial charge on any atom is -0.438 e. The molecule has 1 atom stereocenters. The van der Waals surface area contributed by atoms with E-state index < -0.39 is 10.0 Å². The highest BCUT2D eigenvalue weighted by atomic mass is 32.2. The molecule has 1 aliphatic heterocycles. The number of anilines is 1. The van der Waals surface area contributed by atoms with Crippen LogP contribution in [0.3, 0.4) is 0 Å². The fraction of sp³-hybridized carbons (Fsp3) is 0.250. The van der Waals surface area contributed by atoms with E-state index in [0.717, 1.165) is 18.4 Å². The summed E-state index contributed by atoms with van der Waals surface area (Å²) >= 11 is 0. The number of aromatic nitrogens is 1. The number of hydrogen-bond acceptors (Lipinski definition) is 6. The highest BCUT2D eigenvalue weighted by Gasteiger charge is 2.19. The van der Waals surface area contributed by atoms with E-state index in [1.807, 2.05) is 6.92 Å². The Labute approximate surface area is 193 Å². The molecule has 1 aliphatic rings. The molecular formula is C24H25N3O5S. The van der Waals surface area contributed by atoms with E-state index in [9.17, 15) is 13.2 Å². The van der Waals surface area contributed by atoms with Crippen molar-refractivity contribution < 1.29 is 22.7 Å². The minimum atomic E-state index is -3.75. The monoisotopic (exact) mass is 467 g/mol. The van der Waals surface area contributed by atoms with E-state index in [4.69, 9.17) is 9.47 Å². The number of nitrogens with one attached hydrogen (secondary N) is 2. The zero-order chi connectivity index (χ0) is 23.3. The van der Waals surface area contributed by atoms with Gasteiger partial charge in [-0.2, -0.15) is 0 Å². The van der Waals surface area contributed by atoms with Gasteiger partial charge < -0.3 is 14.8 Å². The average Bonchev–Trinajstić information content (AvgIpc) is 3.32. The van der Waals surface area contributed by atoms with E-state index in [1.54, 1.807) is 54.6 Å². The SMILES string of the molecule is Cc1ccc(S(=O)(=O)Nc2cccc(Oc3ncccc3C(=O)NC[C@@H]3CCCO3)c2)cc1. The van der Waals surface area contributed by atoms with Crippen molar-refractivity contribution in [1.29, 1.82) is 0 Å². The van der Waals surface area contributed by atoms with E-state index in [2.05, 4.69) is 15.0 Å². The molecule has 2 N–H and O–H groups in total. The lowest BCUT2D eigenvalue weighted by Crippen LogP contribution is -2.32. The summed E-state index contributed by atoms with van der Waals surface area (Å²) in [6, 6.07) is 16.3. The quantitative estimate of drug-likeness (QED) is 0.521. The van der Waals surface area contributed by atoms with Crippen LogP contribution in [0.5, 0.6) is 11.6 Å². The van der Waals surface area contributed by atoms with Crippen molar-refractivity contribution in [2.24, 2.45) is 0 Å². The molecule has 0 radical (unpaired) electrons. The number of benzene rings is 2. The molecule has 1 amide bonds. The van der Waals surface area contributed by atoms with Crippen LogP contribution in [0.4, 0.5) is 5.69 Å². The van der Waals surface area contributed by atoms with Crippen LogP contribution in [0.1, 0.15) is 28.8 Å². The second-order valence-electron chi connectivity index (χ2n) is 7.75. The Kier molecular flexibility index (Phi) is 6.90. The van der Waals surface area contributed by atoms with Crippen LogP contribution < -0.4 is 14.8 Å². The maximum Gasteiger partial charge on any atom is 0.261 e. The van der Waals surface area contributed by atoms with Gasteiger partial charge in [0.1, 0.15) is 11.3 Å². The first-order valence-corrected chi connectivity index (χ1v) is 12.1. The van der Waals surface area contributed by atoms with Gasteiger partial charge in [0.25, 0.3) is 15.9 Å². The highest BCUT2D eigenvalue weighted by molar-refractivity contribution is 7.92. The molecular weight excluding hydrogens is 442 g/mol. The van der Waals surface area contributed by atoms with Crippen LogP contribution in [0.15, 0.2) is 71.8 Å². The highest BCUT2D eigenvalue weighted by Crippen LogP contribution is 2.27. The number of carbonyl (C=O) groups is 1. The van der Waals surface area contributed by atoms with E-state index >= 15 is 0 Å². The Morgan fingerprint density at radius 3 is 2.73 bits per heavy atom. The Hall–Kier alpha value is -3.43. The summed E-state index contributed by atoms with van der Waals surface area (Å²) in [6.45, 7) is 3.02. The predicted octanol–water partition coefficient (Wildman–Crippen LogP) is 3.89. The van der Waals surface area contributed by atoms with Crippen molar-refractivity contribution in [3.63, 3.8) is 0 Å². The van der Waals surface area contributed by atoms with Crippen LogP contribution >= 0.6 is 0 Å². The van der Waals surface area contributed by atoms with Gasteiger partial charge in [-0.1, -0.05) is 23.8 Å². The number of rotatable bonds is 8. The van der Waals surface area contributed by atoms with Crippen molar-refractivity contribution in [2.75, 3.05) is 17.9 Å². The Bertz CT molecular complexity index is 1220. The summed E-state index contributed by atoms with van der Waals surface area (Å²) < 4.78 is 39.3. The van der Waals surface area contributed by atoms with Crippen molar-refractivity contribution >= 4 is 21.6 Å². The number of aryl methyl sites for hydroxylation is 1. The fourth-order valence-electron chi connectivity index (χ4n) is 3.42. The van der Waals surface area contributed by atoms with Crippen LogP contribution in [-0.4, -0.2) is 38.6 Å². The summed E-state index contributed by atoms with van der Waals surface area (Å²) in [6.07, 6.45) is 3.46. The number of ether oxygens (including phenoxy) is 2. The molecule has 172 valence electrons. The molecule has 0 aliphatic carbocycles. The van der Waals surface area contributed by atoms with Gasteiger partial charge in [-0.05, 0) is 56.2 Å². The molecule has 8 nitrogen and oxygen atoms in total. The number of pyridine rings is 1. The number of amides is 1. The molecule has 4 rings (SSSR count). The van der Waals surface area contributed by atoms with E-state index in [-0.39, 0.29) is 28.4 Å². The van der Waals surface area contributed by atoms with Crippen LogP contribution in [0.2, 0.25) is 0 Å². The molecule has 1 aromatic heterocycles. The molecule has 1 saturated heterocycles. The summed E-state index contributed by atoms with van der Waals surface area (Å²) in [5.41, 5.74) is 1.57. The van der Waals surface area contributed by atoms with Gasteiger partial charge in [-0.15, -0.1) is 0 Å². The van der Waals surface area contributed by atoms with Crippen molar-refractivity contribution in [3.05, 3.63) is 78.0 Å². The summed E-state index contributed by atoms with van der Waals surface area (Å²) in [5, 5.41) is 2.86. The molecule has 33 heavy (non-hydrogen) atoms. The Balaban J connectivity index is 1.47. The third-order valence-corrected chi connectivity index (χ3v) is 6.56. The molecule has 0 spiro atoms.